The van der Waals surface area contributed by atoms with Gasteiger partial charge in [0.15, 0.2) is 0 Å². The van der Waals surface area contributed by atoms with Crippen LogP contribution >= 0.6 is 0 Å². The molecule has 1 aliphatic heterocycles. The average molecular weight is 254 g/mol. The van der Waals surface area contributed by atoms with Crippen molar-refractivity contribution in [2.75, 3.05) is 26.3 Å². The second-order valence-electron chi connectivity index (χ2n) is 5.93. The number of rotatable bonds is 8. The van der Waals surface area contributed by atoms with Gasteiger partial charge in [-0.05, 0) is 31.6 Å². The second kappa shape index (κ2) is 6.53. The van der Waals surface area contributed by atoms with Crippen molar-refractivity contribution in [3.8, 4) is 0 Å². The van der Waals surface area contributed by atoms with Crippen LogP contribution in [0.1, 0.15) is 39.5 Å². The van der Waals surface area contributed by atoms with Crippen LogP contribution in [0.4, 0.5) is 0 Å². The number of carbonyl (C=O) groups is 1. The molecule has 18 heavy (non-hydrogen) atoms. The van der Waals surface area contributed by atoms with Crippen LogP contribution < -0.4 is 5.32 Å². The molecule has 1 atom stereocenters. The molecule has 4 nitrogen and oxygen atoms in total. The Kier molecular flexibility index (Phi) is 5.01. The standard InChI is InChI=1S/C14H26N2O2/c1-11(2)10-18-9-3-7-16-8-6-13(14(16)17)15-12-4-5-12/h11-13,15H,3-10H2,1-2H3. The molecular weight excluding hydrogens is 228 g/mol. The number of hydrogen-bond acceptors (Lipinski definition) is 3. The van der Waals surface area contributed by atoms with Crippen LogP contribution in [0.25, 0.3) is 0 Å². The monoisotopic (exact) mass is 254 g/mol. The molecule has 1 amide bonds. The summed E-state index contributed by atoms with van der Waals surface area (Å²) in [6.07, 6.45) is 4.41. The molecule has 1 aliphatic carbocycles. The molecule has 1 saturated carbocycles. The van der Waals surface area contributed by atoms with E-state index in [-0.39, 0.29) is 6.04 Å². The SMILES string of the molecule is CC(C)COCCCN1CCC(NC2CC2)C1=O. The van der Waals surface area contributed by atoms with E-state index < -0.39 is 0 Å². The maximum Gasteiger partial charge on any atom is 0.239 e. The van der Waals surface area contributed by atoms with E-state index in [2.05, 4.69) is 19.2 Å². The van der Waals surface area contributed by atoms with Crippen molar-refractivity contribution in [2.24, 2.45) is 5.92 Å². The van der Waals surface area contributed by atoms with Crippen molar-refractivity contribution in [1.29, 1.82) is 0 Å². The second-order valence-corrected chi connectivity index (χ2v) is 5.93. The van der Waals surface area contributed by atoms with Crippen molar-refractivity contribution in [1.82, 2.24) is 10.2 Å². The maximum atomic E-state index is 12.1. The molecule has 0 bridgehead atoms. The Morgan fingerprint density at radius 1 is 1.39 bits per heavy atom. The first-order chi connectivity index (χ1) is 8.66. The summed E-state index contributed by atoms with van der Waals surface area (Å²) in [5.41, 5.74) is 0. The van der Waals surface area contributed by atoms with Crippen molar-refractivity contribution in [3.05, 3.63) is 0 Å². The topological polar surface area (TPSA) is 41.6 Å². The summed E-state index contributed by atoms with van der Waals surface area (Å²) in [7, 11) is 0. The summed E-state index contributed by atoms with van der Waals surface area (Å²) in [5, 5.41) is 3.43. The zero-order chi connectivity index (χ0) is 13.0. The highest BCUT2D eigenvalue weighted by Crippen LogP contribution is 2.22. The highest BCUT2D eigenvalue weighted by Gasteiger charge is 2.35. The van der Waals surface area contributed by atoms with Crippen LogP contribution in [-0.4, -0.2) is 49.2 Å². The third kappa shape index (κ3) is 4.25. The van der Waals surface area contributed by atoms with Gasteiger partial charge < -0.3 is 15.0 Å². The molecule has 2 aliphatic rings. The number of amides is 1. The normalized spacial score (nSPS) is 24.3. The summed E-state index contributed by atoms with van der Waals surface area (Å²) in [5.74, 6) is 0.885. The molecule has 2 rings (SSSR count). The van der Waals surface area contributed by atoms with Crippen LogP contribution in [0.5, 0.6) is 0 Å². The fourth-order valence-corrected chi connectivity index (χ4v) is 2.33. The summed E-state index contributed by atoms with van der Waals surface area (Å²) in [4.78, 5) is 14.0. The first kappa shape index (κ1) is 13.8. The zero-order valence-corrected chi connectivity index (χ0v) is 11.7. The maximum absolute atomic E-state index is 12.1. The van der Waals surface area contributed by atoms with Gasteiger partial charge in [-0.1, -0.05) is 13.8 Å². The minimum atomic E-state index is 0.0917. The zero-order valence-electron chi connectivity index (χ0n) is 11.7. The lowest BCUT2D eigenvalue weighted by Crippen LogP contribution is -2.39. The summed E-state index contributed by atoms with van der Waals surface area (Å²) in [6, 6.07) is 0.711. The fraction of sp³-hybridized carbons (Fsp3) is 0.929. The van der Waals surface area contributed by atoms with Gasteiger partial charge in [-0.15, -0.1) is 0 Å². The Labute approximate surface area is 110 Å². The van der Waals surface area contributed by atoms with Crippen molar-refractivity contribution in [3.63, 3.8) is 0 Å². The molecule has 0 spiro atoms. The van der Waals surface area contributed by atoms with Gasteiger partial charge in [-0.2, -0.15) is 0 Å². The van der Waals surface area contributed by atoms with E-state index in [9.17, 15) is 4.79 Å². The highest BCUT2D eigenvalue weighted by atomic mass is 16.5. The van der Waals surface area contributed by atoms with Crippen molar-refractivity contribution < 1.29 is 9.53 Å². The van der Waals surface area contributed by atoms with E-state index in [1.807, 2.05) is 4.90 Å². The third-order valence-corrected chi connectivity index (χ3v) is 3.48. The summed E-state index contributed by atoms with van der Waals surface area (Å²) < 4.78 is 5.54. The lowest BCUT2D eigenvalue weighted by atomic mass is 10.2. The Bertz CT molecular complexity index is 277. The number of carbonyl (C=O) groups excluding carboxylic acids is 1. The fourth-order valence-electron chi connectivity index (χ4n) is 2.33. The van der Waals surface area contributed by atoms with Gasteiger partial charge in [0.25, 0.3) is 0 Å². The molecule has 1 N–H and O–H groups in total. The molecule has 1 unspecified atom stereocenters. The van der Waals surface area contributed by atoms with Crippen LogP contribution in [-0.2, 0) is 9.53 Å². The number of nitrogens with one attached hydrogen (secondary N) is 1. The van der Waals surface area contributed by atoms with Gasteiger partial charge >= 0.3 is 0 Å². The Morgan fingerprint density at radius 2 is 2.17 bits per heavy atom. The molecule has 0 aromatic heterocycles. The Balaban J connectivity index is 1.57. The molecule has 0 radical (unpaired) electrons. The Hall–Kier alpha value is -0.610. The third-order valence-electron chi connectivity index (χ3n) is 3.48. The minimum absolute atomic E-state index is 0.0917. The van der Waals surface area contributed by atoms with Crippen LogP contribution in [0.15, 0.2) is 0 Å². The molecule has 2 fully saturated rings. The summed E-state index contributed by atoms with van der Waals surface area (Å²) in [6.45, 7) is 7.64. The van der Waals surface area contributed by atoms with E-state index >= 15 is 0 Å². The van der Waals surface area contributed by atoms with Crippen molar-refractivity contribution >= 4 is 5.91 Å². The van der Waals surface area contributed by atoms with E-state index in [1.165, 1.54) is 12.8 Å². The number of ether oxygens (including phenoxy) is 1. The molecular formula is C14H26N2O2. The summed E-state index contributed by atoms with van der Waals surface area (Å²) >= 11 is 0. The minimum Gasteiger partial charge on any atom is -0.381 e. The first-order valence-electron chi connectivity index (χ1n) is 7.29. The van der Waals surface area contributed by atoms with Crippen LogP contribution in [0.3, 0.4) is 0 Å². The number of likely N-dealkylation sites (tertiary alicyclic amines) is 1. The highest BCUT2D eigenvalue weighted by molar-refractivity contribution is 5.84. The molecule has 4 heteroatoms. The predicted octanol–water partition coefficient (Wildman–Crippen LogP) is 1.40. The quantitative estimate of drug-likeness (QED) is 0.666. The predicted molar refractivity (Wildman–Crippen MR) is 71.4 cm³/mol. The lowest BCUT2D eigenvalue weighted by molar-refractivity contribution is -0.129. The van der Waals surface area contributed by atoms with Crippen LogP contribution in [0.2, 0.25) is 0 Å². The number of hydrogen-bond donors (Lipinski definition) is 1. The Morgan fingerprint density at radius 3 is 2.83 bits per heavy atom. The van der Waals surface area contributed by atoms with E-state index in [0.29, 0.717) is 17.9 Å². The van der Waals surface area contributed by atoms with Crippen LogP contribution in [0, 0.1) is 5.92 Å². The van der Waals surface area contributed by atoms with Gasteiger partial charge in [0.2, 0.25) is 5.91 Å². The molecule has 0 aromatic rings. The molecule has 1 heterocycles. The van der Waals surface area contributed by atoms with Gasteiger partial charge in [-0.25, -0.2) is 0 Å². The van der Waals surface area contributed by atoms with E-state index in [0.717, 1.165) is 39.1 Å². The smallest absolute Gasteiger partial charge is 0.239 e. The largest absolute Gasteiger partial charge is 0.381 e. The van der Waals surface area contributed by atoms with Gasteiger partial charge in [0.1, 0.15) is 0 Å². The molecule has 0 aromatic carbocycles. The van der Waals surface area contributed by atoms with E-state index in [1.54, 1.807) is 0 Å². The molecule has 1 saturated heterocycles. The van der Waals surface area contributed by atoms with Crippen molar-refractivity contribution in [2.45, 2.75) is 51.6 Å². The van der Waals surface area contributed by atoms with Gasteiger partial charge in [-0.3, -0.25) is 4.79 Å². The van der Waals surface area contributed by atoms with Gasteiger partial charge in [0.05, 0.1) is 6.04 Å². The van der Waals surface area contributed by atoms with E-state index in [4.69, 9.17) is 4.74 Å². The number of nitrogens with zero attached hydrogens (tertiary/aromatic N) is 1. The lowest BCUT2D eigenvalue weighted by Gasteiger charge is -2.17. The molecule has 104 valence electrons. The average Bonchev–Trinajstić information content (AvgIpc) is 3.07. The first-order valence-corrected chi connectivity index (χ1v) is 7.29. The van der Waals surface area contributed by atoms with Gasteiger partial charge in [0, 0.05) is 32.3 Å².